The molecule has 0 fully saturated rings. The fourth-order valence-corrected chi connectivity index (χ4v) is 2.10. The molecule has 4 nitrogen and oxygen atoms in total. The molecular weight excluding hydrogens is 224 g/mol. The number of rotatable bonds is 7. The summed E-state index contributed by atoms with van der Waals surface area (Å²) in [6, 6.07) is 0.420. The molecule has 0 bridgehead atoms. The highest BCUT2D eigenvalue weighted by Gasteiger charge is 2.14. The number of nitrogens with zero attached hydrogens (tertiary/aromatic N) is 2. The van der Waals surface area contributed by atoms with E-state index in [1.54, 1.807) is 0 Å². The Labute approximate surface area is 110 Å². The van der Waals surface area contributed by atoms with Crippen molar-refractivity contribution >= 4 is 11.6 Å². The number of hydrogen-bond acceptors (Lipinski definition) is 4. The molecule has 0 spiro atoms. The molecule has 0 aromatic carbocycles. The zero-order valence-corrected chi connectivity index (χ0v) is 12.0. The van der Waals surface area contributed by atoms with Crippen LogP contribution in [0.5, 0.6) is 0 Å². The predicted octanol–water partition coefficient (Wildman–Crippen LogP) is 3.56. The molecule has 0 saturated carbocycles. The molecule has 0 aliphatic carbocycles. The fourth-order valence-electron chi connectivity index (χ4n) is 2.10. The van der Waals surface area contributed by atoms with E-state index in [1.807, 2.05) is 0 Å². The lowest BCUT2D eigenvalue weighted by Crippen LogP contribution is -2.18. The molecule has 0 aliphatic rings. The standard InChI is InChI=1S/C14H26N4/c1-5-6-7-8-11(4)18-14-12(10(2)3)13(15)16-9-17-14/h9-11H,5-8H2,1-4H3,(H3,15,16,17,18). The van der Waals surface area contributed by atoms with Gasteiger partial charge in [0, 0.05) is 11.6 Å². The van der Waals surface area contributed by atoms with E-state index in [9.17, 15) is 0 Å². The van der Waals surface area contributed by atoms with Crippen molar-refractivity contribution in [1.82, 2.24) is 9.97 Å². The number of unbranched alkanes of at least 4 members (excludes halogenated alkanes) is 2. The summed E-state index contributed by atoms with van der Waals surface area (Å²) in [7, 11) is 0. The molecule has 0 saturated heterocycles. The van der Waals surface area contributed by atoms with Crippen LogP contribution in [0, 0.1) is 0 Å². The van der Waals surface area contributed by atoms with Gasteiger partial charge in [-0.05, 0) is 19.3 Å². The number of nitrogens with one attached hydrogen (secondary N) is 1. The lowest BCUT2D eigenvalue weighted by atomic mass is 10.0. The number of nitrogens with two attached hydrogens (primary N) is 1. The van der Waals surface area contributed by atoms with Gasteiger partial charge in [-0.3, -0.25) is 0 Å². The van der Waals surface area contributed by atoms with Crippen LogP contribution in [0.1, 0.15) is 64.9 Å². The van der Waals surface area contributed by atoms with Crippen LogP contribution < -0.4 is 11.1 Å². The van der Waals surface area contributed by atoms with E-state index in [4.69, 9.17) is 5.73 Å². The SMILES string of the molecule is CCCCCC(C)Nc1ncnc(N)c1C(C)C. The van der Waals surface area contributed by atoms with Gasteiger partial charge >= 0.3 is 0 Å². The Bertz CT molecular complexity index is 363. The van der Waals surface area contributed by atoms with Crippen LogP contribution in [0.2, 0.25) is 0 Å². The first-order chi connectivity index (χ1) is 8.56. The Kier molecular flexibility index (Phi) is 5.89. The highest BCUT2D eigenvalue weighted by molar-refractivity contribution is 5.56. The van der Waals surface area contributed by atoms with Gasteiger partial charge in [-0.25, -0.2) is 9.97 Å². The number of nitrogen functional groups attached to an aromatic ring is 1. The maximum absolute atomic E-state index is 5.93. The topological polar surface area (TPSA) is 63.8 Å². The summed E-state index contributed by atoms with van der Waals surface area (Å²) < 4.78 is 0. The Morgan fingerprint density at radius 3 is 2.56 bits per heavy atom. The van der Waals surface area contributed by atoms with Crippen LogP contribution in [0.25, 0.3) is 0 Å². The van der Waals surface area contributed by atoms with Gasteiger partial charge in [-0.2, -0.15) is 0 Å². The Morgan fingerprint density at radius 1 is 1.22 bits per heavy atom. The first kappa shape index (κ1) is 14.7. The predicted molar refractivity (Wildman–Crippen MR) is 77.8 cm³/mol. The summed E-state index contributed by atoms with van der Waals surface area (Å²) >= 11 is 0. The quantitative estimate of drug-likeness (QED) is 0.726. The monoisotopic (exact) mass is 250 g/mol. The van der Waals surface area contributed by atoms with Crippen LogP contribution in [0.3, 0.4) is 0 Å². The molecule has 0 radical (unpaired) electrons. The second kappa shape index (κ2) is 7.19. The largest absolute Gasteiger partial charge is 0.383 e. The maximum Gasteiger partial charge on any atom is 0.135 e. The third-order valence-corrected chi connectivity index (χ3v) is 3.12. The van der Waals surface area contributed by atoms with Crippen molar-refractivity contribution in [3.05, 3.63) is 11.9 Å². The lowest BCUT2D eigenvalue weighted by Gasteiger charge is -2.19. The molecule has 1 aromatic heterocycles. The molecule has 1 atom stereocenters. The van der Waals surface area contributed by atoms with E-state index in [0.717, 1.165) is 17.8 Å². The molecule has 1 heterocycles. The van der Waals surface area contributed by atoms with Crippen molar-refractivity contribution in [2.75, 3.05) is 11.1 Å². The van der Waals surface area contributed by atoms with Crippen LogP contribution in [-0.2, 0) is 0 Å². The molecule has 0 amide bonds. The van der Waals surface area contributed by atoms with Crippen LogP contribution in [0.4, 0.5) is 11.6 Å². The van der Waals surface area contributed by atoms with Gasteiger partial charge in [0.25, 0.3) is 0 Å². The molecule has 3 N–H and O–H groups in total. The summed E-state index contributed by atoms with van der Waals surface area (Å²) in [5.41, 5.74) is 6.96. The molecule has 1 rings (SSSR count). The first-order valence-electron chi connectivity index (χ1n) is 6.93. The minimum absolute atomic E-state index is 0.330. The number of aromatic nitrogens is 2. The van der Waals surface area contributed by atoms with Crippen molar-refractivity contribution < 1.29 is 0 Å². The van der Waals surface area contributed by atoms with E-state index in [1.165, 1.54) is 25.6 Å². The normalized spacial score (nSPS) is 12.7. The van der Waals surface area contributed by atoms with Crippen molar-refractivity contribution in [2.24, 2.45) is 0 Å². The summed E-state index contributed by atoms with van der Waals surface area (Å²) in [5.74, 6) is 1.81. The highest BCUT2D eigenvalue weighted by Crippen LogP contribution is 2.27. The van der Waals surface area contributed by atoms with Gasteiger partial charge in [-0.15, -0.1) is 0 Å². The Hall–Kier alpha value is -1.32. The van der Waals surface area contributed by atoms with E-state index >= 15 is 0 Å². The van der Waals surface area contributed by atoms with Crippen LogP contribution >= 0.6 is 0 Å². The Balaban J connectivity index is 2.69. The molecule has 18 heavy (non-hydrogen) atoms. The van der Waals surface area contributed by atoms with E-state index in [0.29, 0.717) is 17.8 Å². The molecule has 4 heteroatoms. The Morgan fingerprint density at radius 2 is 1.94 bits per heavy atom. The average Bonchev–Trinajstić information content (AvgIpc) is 2.28. The molecule has 0 aliphatic heterocycles. The van der Waals surface area contributed by atoms with E-state index in [2.05, 4.69) is 43.0 Å². The molecule has 1 unspecified atom stereocenters. The number of hydrogen-bond donors (Lipinski definition) is 2. The van der Waals surface area contributed by atoms with Crippen LogP contribution in [0.15, 0.2) is 6.33 Å². The second-order valence-corrected chi connectivity index (χ2v) is 5.22. The van der Waals surface area contributed by atoms with Gasteiger partial charge in [0.05, 0.1) is 0 Å². The average molecular weight is 250 g/mol. The number of anilines is 2. The molecule has 102 valence electrons. The van der Waals surface area contributed by atoms with Gasteiger partial charge in [-0.1, -0.05) is 40.0 Å². The summed E-state index contributed by atoms with van der Waals surface area (Å²) in [4.78, 5) is 8.40. The maximum atomic E-state index is 5.93. The zero-order chi connectivity index (χ0) is 13.5. The molecule has 1 aromatic rings. The van der Waals surface area contributed by atoms with Gasteiger partial charge < -0.3 is 11.1 Å². The van der Waals surface area contributed by atoms with Crippen molar-refractivity contribution in [1.29, 1.82) is 0 Å². The first-order valence-corrected chi connectivity index (χ1v) is 6.93. The molecular formula is C14H26N4. The van der Waals surface area contributed by atoms with Crippen molar-refractivity contribution in [3.8, 4) is 0 Å². The smallest absolute Gasteiger partial charge is 0.135 e. The van der Waals surface area contributed by atoms with Gasteiger partial charge in [0.2, 0.25) is 0 Å². The third kappa shape index (κ3) is 4.17. The van der Waals surface area contributed by atoms with Crippen LogP contribution in [-0.4, -0.2) is 16.0 Å². The second-order valence-electron chi connectivity index (χ2n) is 5.22. The summed E-state index contributed by atoms with van der Waals surface area (Å²) in [5, 5.41) is 3.46. The van der Waals surface area contributed by atoms with E-state index < -0.39 is 0 Å². The fraction of sp³-hybridized carbons (Fsp3) is 0.714. The van der Waals surface area contributed by atoms with Gasteiger partial charge in [0.15, 0.2) is 0 Å². The third-order valence-electron chi connectivity index (χ3n) is 3.12. The van der Waals surface area contributed by atoms with E-state index in [-0.39, 0.29) is 0 Å². The summed E-state index contributed by atoms with van der Waals surface area (Å²) in [6.45, 7) is 8.64. The highest BCUT2D eigenvalue weighted by atomic mass is 15.1. The zero-order valence-electron chi connectivity index (χ0n) is 12.0. The summed E-state index contributed by atoms with van der Waals surface area (Å²) in [6.07, 6.45) is 6.49. The minimum atomic E-state index is 0.330. The van der Waals surface area contributed by atoms with Gasteiger partial charge in [0.1, 0.15) is 18.0 Å². The lowest BCUT2D eigenvalue weighted by molar-refractivity contribution is 0.612. The minimum Gasteiger partial charge on any atom is -0.383 e. The van der Waals surface area contributed by atoms with Crippen molar-refractivity contribution in [3.63, 3.8) is 0 Å². The van der Waals surface area contributed by atoms with Crippen molar-refractivity contribution in [2.45, 2.75) is 65.3 Å².